The summed E-state index contributed by atoms with van der Waals surface area (Å²) in [4.78, 5) is 6.79. The number of aromatic nitrogens is 2. The molecule has 0 bridgehead atoms. The third-order valence-electron chi connectivity index (χ3n) is 5.08. The van der Waals surface area contributed by atoms with Crippen molar-refractivity contribution in [3.8, 4) is 11.5 Å². The van der Waals surface area contributed by atoms with Gasteiger partial charge in [-0.25, -0.2) is 8.42 Å². The summed E-state index contributed by atoms with van der Waals surface area (Å²) in [6, 6.07) is 5.63. The smallest absolute Gasteiger partial charge is 0.258 e. The zero-order valence-electron chi connectivity index (χ0n) is 15.0. The Balaban J connectivity index is 1.61. The summed E-state index contributed by atoms with van der Waals surface area (Å²) >= 11 is 0. The molecule has 9 heteroatoms. The van der Waals surface area contributed by atoms with Crippen LogP contribution < -0.4 is 9.62 Å². The molecular weight excluding hydrogens is 354 g/mol. The first-order valence-electron chi connectivity index (χ1n) is 8.82. The van der Waals surface area contributed by atoms with Crippen molar-refractivity contribution >= 4 is 15.7 Å². The first-order chi connectivity index (χ1) is 12.5. The molecule has 4 rings (SSSR count). The Morgan fingerprint density at radius 2 is 2.15 bits per heavy atom. The van der Waals surface area contributed by atoms with Gasteiger partial charge in [-0.3, -0.25) is 9.21 Å². The van der Waals surface area contributed by atoms with Gasteiger partial charge in [-0.15, -0.1) is 0 Å². The number of nitrogens with one attached hydrogen (secondary N) is 1. The second-order valence-electron chi connectivity index (χ2n) is 6.90. The van der Waals surface area contributed by atoms with Crippen LogP contribution in [0, 0.1) is 6.92 Å². The molecule has 0 spiro atoms. The van der Waals surface area contributed by atoms with Crippen LogP contribution in [0.4, 0.5) is 5.69 Å². The van der Waals surface area contributed by atoms with Crippen LogP contribution in [-0.2, 0) is 10.0 Å². The molecule has 2 aliphatic rings. The number of piperazine rings is 1. The van der Waals surface area contributed by atoms with E-state index in [0.29, 0.717) is 30.4 Å². The molecule has 26 heavy (non-hydrogen) atoms. The zero-order valence-corrected chi connectivity index (χ0v) is 15.8. The third-order valence-corrected chi connectivity index (χ3v) is 6.95. The fourth-order valence-corrected chi connectivity index (χ4v) is 5.10. The number of likely N-dealkylation sites (N-methyl/N-ethyl adjacent to an activating group) is 1. The summed E-state index contributed by atoms with van der Waals surface area (Å²) in [5, 5.41) is 7.50. The van der Waals surface area contributed by atoms with E-state index in [-0.39, 0.29) is 11.8 Å². The average Bonchev–Trinajstić information content (AvgIpc) is 3.21. The van der Waals surface area contributed by atoms with E-state index in [2.05, 4.69) is 27.4 Å². The number of hydrogen-bond donors (Lipinski definition) is 1. The van der Waals surface area contributed by atoms with Crippen LogP contribution in [0.25, 0.3) is 11.5 Å². The van der Waals surface area contributed by atoms with E-state index in [0.717, 1.165) is 30.8 Å². The normalized spacial score (nSPS) is 23.5. The fourth-order valence-electron chi connectivity index (χ4n) is 3.55. The molecule has 1 unspecified atom stereocenters. The molecule has 1 atom stereocenters. The maximum Gasteiger partial charge on any atom is 0.258 e. The van der Waals surface area contributed by atoms with Gasteiger partial charge >= 0.3 is 0 Å². The van der Waals surface area contributed by atoms with E-state index in [1.54, 1.807) is 0 Å². The van der Waals surface area contributed by atoms with Crippen LogP contribution in [0.2, 0.25) is 0 Å². The lowest BCUT2D eigenvalue weighted by atomic mass is 10.1. The number of hydrogen-bond acceptors (Lipinski definition) is 7. The summed E-state index contributed by atoms with van der Waals surface area (Å²) in [6.07, 6.45) is 0.666. The molecule has 0 saturated carbocycles. The lowest BCUT2D eigenvalue weighted by Crippen LogP contribution is -2.44. The average molecular weight is 377 g/mol. The Bertz CT molecular complexity index is 911. The molecule has 0 aliphatic carbocycles. The third kappa shape index (κ3) is 3.10. The zero-order chi connectivity index (χ0) is 18.3. The van der Waals surface area contributed by atoms with Gasteiger partial charge in [0.1, 0.15) is 0 Å². The number of anilines is 1. The van der Waals surface area contributed by atoms with Crippen molar-refractivity contribution in [2.24, 2.45) is 0 Å². The van der Waals surface area contributed by atoms with E-state index in [1.807, 2.05) is 25.1 Å². The lowest BCUT2D eigenvalue weighted by Gasteiger charge is -2.30. The van der Waals surface area contributed by atoms with Crippen molar-refractivity contribution in [1.29, 1.82) is 0 Å². The van der Waals surface area contributed by atoms with Crippen molar-refractivity contribution < 1.29 is 12.9 Å². The molecular formula is C17H23N5O3S. The van der Waals surface area contributed by atoms with Gasteiger partial charge in [0.2, 0.25) is 10.0 Å². The monoisotopic (exact) mass is 377 g/mol. The summed E-state index contributed by atoms with van der Waals surface area (Å²) < 4.78 is 31.2. The Morgan fingerprint density at radius 1 is 1.31 bits per heavy atom. The molecule has 2 aliphatic heterocycles. The molecule has 1 aromatic heterocycles. The number of benzene rings is 1. The minimum atomic E-state index is -3.18. The Kier molecular flexibility index (Phi) is 4.45. The molecule has 1 aromatic carbocycles. The minimum Gasteiger partial charge on any atom is -0.334 e. The minimum absolute atomic E-state index is 0.0931. The molecule has 3 heterocycles. The molecule has 0 amide bonds. The Labute approximate surface area is 153 Å². The van der Waals surface area contributed by atoms with Crippen LogP contribution in [-0.4, -0.2) is 62.4 Å². The summed E-state index contributed by atoms with van der Waals surface area (Å²) in [7, 11) is -1.13. The van der Waals surface area contributed by atoms with Gasteiger partial charge < -0.3 is 9.84 Å². The van der Waals surface area contributed by atoms with Crippen molar-refractivity contribution in [3.05, 3.63) is 29.6 Å². The van der Waals surface area contributed by atoms with Gasteiger partial charge in [0, 0.05) is 31.7 Å². The lowest BCUT2D eigenvalue weighted by molar-refractivity contribution is 0.190. The van der Waals surface area contributed by atoms with E-state index >= 15 is 0 Å². The predicted molar refractivity (Wildman–Crippen MR) is 98.5 cm³/mol. The van der Waals surface area contributed by atoms with Gasteiger partial charge in [-0.1, -0.05) is 5.16 Å². The highest BCUT2D eigenvalue weighted by Gasteiger charge is 2.29. The van der Waals surface area contributed by atoms with Gasteiger partial charge in [-0.2, -0.15) is 4.98 Å². The largest absolute Gasteiger partial charge is 0.334 e. The molecule has 8 nitrogen and oxygen atoms in total. The second-order valence-corrected chi connectivity index (χ2v) is 8.91. The van der Waals surface area contributed by atoms with E-state index in [4.69, 9.17) is 4.52 Å². The Hall–Kier alpha value is -1.97. The number of rotatable bonds is 3. The fraction of sp³-hybridized carbons (Fsp3) is 0.529. The standard InChI is InChI=1S/C17H23N5O3S/c1-12-10-13(22-7-3-9-26(22,23)24)4-5-14(12)17-19-16(20-25-17)15-11-18-6-8-21(15)2/h4-5,10,15,18H,3,6-9,11H2,1-2H3. The van der Waals surface area contributed by atoms with Crippen LogP contribution in [0.5, 0.6) is 0 Å². The number of sulfonamides is 1. The maximum atomic E-state index is 12.1. The first-order valence-corrected chi connectivity index (χ1v) is 10.4. The Morgan fingerprint density at radius 3 is 2.85 bits per heavy atom. The molecule has 1 N–H and O–H groups in total. The van der Waals surface area contributed by atoms with E-state index in [1.165, 1.54) is 4.31 Å². The van der Waals surface area contributed by atoms with Gasteiger partial charge in [0.25, 0.3) is 5.89 Å². The molecule has 2 fully saturated rings. The second kappa shape index (κ2) is 6.64. The first kappa shape index (κ1) is 17.4. The van der Waals surface area contributed by atoms with Crippen LogP contribution in [0.15, 0.2) is 22.7 Å². The van der Waals surface area contributed by atoms with Crippen LogP contribution in [0.1, 0.15) is 23.9 Å². The number of nitrogens with zero attached hydrogens (tertiary/aromatic N) is 4. The molecule has 0 radical (unpaired) electrons. The van der Waals surface area contributed by atoms with Crippen LogP contribution >= 0.6 is 0 Å². The van der Waals surface area contributed by atoms with Crippen molar-refractivity contribution in [3.63, 3.8) is 0 Å². The molecule has 140 valence electrons. The van der Waals surface area contributed by atoms with Gasteiger partial charge in [0.15, 0.2) is 5.82 Å². The molecule has 2 saturated heterocycles. The highest BCUT2D eigenvalue weighted by atomic mass is 32.2. The van der Waals surface area contributed by atoms with Crippen molar-refractivity contribution in [1.82, 2.24) is 20.4 Å². The predicted octanol–water partition coefficient (Wildman–Crippen LogP) is 1.16. The molecule has 2 aromatic rings. The van der Waals surface area contributed by atoms with Crippen LogP contribution in [0.3, 0.4) is 0 Å². The van der Waals surface area contributed by atoms with E-state index in [9.17, 15) is 8.42 Å². The van der Waals surface area contributed by atoms with Gasteiger partial charge in [0.05, 0.1) is 17.5 Å². The van der Waals surface area contributed by atoms with Gasteiger partial charge in [-0.05, 0) is 44.2 Å². The van der Waals surface area contributed by atoms with Crippen molar-refractivity contribution in [2.75, 3.05) is 43.3 Å². The highest BCUT2D eigenvalue weighted by molar-refractivity contribution is 7.93. The SMILES string of the molecule is Cc1cc(N2CCCS2(=O)=O)ccc1-c1nc(C2CNCCN2C)no1. The van der Waals surface area contributed by atoms with Crippen molar-refractivity contribution in [2.45, 2.75) is 19.4 Å². The summed E-state index contributed by atoms with van der Waals surface area (Å²) in [6.45, 7) is 5.15. The summed E-state index contributed by atoms with van der Waals surface area (Å²) in [5.41, 5.74) is 2.44. The van der Waals surface area contributed by atoms with E-state index < -0.39 is 10.0 Å². The highest BCUT2D eigenvalue weighted by Crippen LogP contribution is 2.30. The summed E-state index contributed by atoms with van der Waals surface area (Å²) in [5.74, 6) is 1.34. The topological polar surface area (TPSA) is 91.6 Å². The quantitative estimate of drug-likeness (QED) is 0.858. The maximum absolute atomic E-state index is 12.1. The number of aryl methyl sites for hydroxylation is 1.